The van der Waals surface area contributed by atoms with Gasteiger partial charge in [-0.05, 0) is 26.2 Å². The van der Waals surface area contributed by atoms with Crippen LogP contribution in [0.2, 0.25) is 0 Å². The Bertz CT molecular complexity index is 396. The van der Waals surface area contributed by atoms with E-state index >= 15 is 0 Å². The summed E-state index contributed by atoms with van der Waals surface area (Å²) in [4.78, 5) is 24.9. The number of rotatable bonds is 5. The van der Waals surface area contributed by atoms with Gasteiger partial charge in [-0.1, -0.05) is 12.1 Å². The van der Waals surface area contributed by atoms with Gasteiger partial charge in [0.2, 0.25) is 0 Å². The molecule has 0 aliphatic heterocycles. The van der Waals surface area contributed by atoms with E-state index < -0.39 is 5.97 Å². The molecule has 0 N–H and O–H groups in total. The number of carbonyl (C=O) groups excluding carboxylic acids is 2. The Hall–Kier alpha value is -1.68. The SMILES string of the molecule is COC(=O)c1ccc(C(=O)CCN(C)C)cc1. The van der Waals surface area contributed by atoms with E-state index in [0.717, 1.165) is 6.54 Å². The Morgan fingerprint density at radius 3 is 2.12 bits per heavy atom. The summed E-state index contributed by atoms with van der Waals surface area (Å²) >= 11 is 0. The molecule has 0 saturated heterocycles. The first-order valence-electron chi connectivity index (χ1n) is 5.41. The average Bonchev–Trinajstić information content (AvgIpc) is 2.35. The smallest absolute Gasteiger partial charge is 0.337 e. The number of hydrogen-bond acceptors (Lipinski definition) is 4. The third-order valence-electron chi connectivity index (χ3n) is 2.41. The maximum Gasteiger partial charge on any atom is 0.337 e. The first-order chi connectivity index (χ1) is 8.04. The quantitative estimate of drug-likeness (QED) is 0.574. The Morgan fingerprint density at radius 1 is 1.12 bits per heavy atom. The van der Waals surface area contributed by atoms with Crippen LogP contribution >= 0.6 is 0 Å². The normalized spacial score (nSPS) is 10.4. The van der Waals surface area contributed by atoms with Gasteiger partial charge in [-0.2, -0.15) is 0 Å². The molecule has 0 amide bonds. The maximum absolute atomic E-state index is 11.8. The van der Waals surface area contributed by atoms with Crippen LogP contribution in [0.25, 0.3) is 0 Å². The third-order valence-corrected chi connectivity index (χ3v) is 2.41. The van der Waals surface area contributed by atoms with E-state index in [2.05, 4.69) is 4.74 Å². The van der Waals surface area contributed by atoms with E-state index in [1.807, 2.05) is 19.0 Å². The van der Waals surface area contributed by atoms with Gasteiger partial charge < -0.3 is 9.64 Å². The van der Waals surface area contributed by atoms with Crippen LogP contribution in [-0.2, 0) is 4.74 Å². The highest BCUT2D eigenvalue weighted by atomic mass is 16.5. The summed E-state index contributed by atoms with van der Waals surface area (Å²) in [5.41, 5.74) is 1.08. The lowest BCUT2D eigenvalue weighted by molar-refractivity contribution is 0.0600. The monoisotopic (exact) mass is 235 g/mol. The molecule has 0 aromatic heterocycles. The number of esters is 1. The number of ketones is 1. The molecule has 0 aliphatic carbocycles. The van der Waals surface area contributed by atoms with Crippen molar-refractivity contribution in [3.8, 4) is 0 Å². The van der Waals surface area contributed by atoms with Gasteiger partial charge in [-0.15, -0.1) is 0 Å². The molecule has 0 heterocycles. The van der Waals surface area contributed by atoms with Gasteiger partial charge >= 0.3 is 5.97 Å². The van der Waals surface area contributed by atoms with Gasteiger partial charge in [0.1, 0.15) is 0 Å². The minimum atomic E-state index is -0.391. The Balaban J connectivity index is 2.67. The van der Waals surface area contributed by atoms with Crippen molar-refractivity contribution in [1.82, 2.24) is 4.90 Å². The number of nitrogens with zero attached hydrogens (tertiary/aromatic N) is 1. The number of hydrogen-bond donors (Lipinski definition) is 0. The van der Waals surface area contributed by atoms with Crippen LogP contribution in [-0.4, -0.2) is 44.4 Å². The largest absolute Gasteiger partial charge is 0.465 e. The van der Waals surface area contributed by atoms with Gasteiger partial charge in [-0.3, -0.25) is 4.79 Å². The summed E-state index contributed by atoms with van der Waals surface area (Å²) in [6.45, 7) is 0.720. The summed E-state index contributed by atoms with van der Waals surface area (Å²) in [5.74, 6) is -0.313. The summed E-state index contributed by atoms with van der Waals surface area (Å²) in [5, 5.41) is 0. The van der Waals surface area contributed by atoms with Crippen molar-refractivity contribution in [3.63, 3.8) is 0 Å². The number of benzene rings is 1. The minimum absolute atomic E-state index is 0.0788. The number of ether oxygens (including phenoxy) is 1. The molecule has 92 valence electrons. The zero-order chi connectivity index (χ0) is 12.8. The second-order valence-corrected chi connectivity index (χ2v) is 4.05. The van der Waals surface area contributed by atoms with Gasteiger partial charge in [0, 0.05) is 18.5 Å². The molecule has 1 aromatic rings. The lowest BCUT2D eigenvalue weighted by atomic mass is 10.1. The van der Waals surface area contributed by atoms with Gasteiger partial charge in [-0.25, -0.2) is 4.79 Å². The first-order valence-corrected chi connectivity index (χ1v) is 5.41. The standard InChI is InChI=1S/C13H17NO3/c1-14(2)9-8-12(15)10-4-6-11(7-5-10)13(16)17-3/h4-7H,8-9H2,1-3H3. The fourth-order valence-corrected chi connectivity index (χ4v) is 1.38. The van der Waals surface area contributed by atoms with Crippen molar-refractivity contribution in [1.29, 1.82) is 0 Å². The molecule has 17 heavy (non-hydrogen) atoms. The lowest BCUT2D eigenvalue weighted by Crippen LogP contribution is -2.16. The second-order valence-electron chi connectivity index (χ2n) is 4.05. The van der Waals surface area contributed by atoms with Gasteiger partial charge in [0.25, 0.3) is 0 Å². The molecular formula is C13H17NO3. The van der Waals surface area contributed by atoms with E-state index in [1.165, 1.54) is 7.11 Å². The summed E-state index contributed by atoms with van der Waals surface area (Å²) < 4.78 is 4.59. The second kappa shape index (κ2) is 6.15. The molecule has 1 aromatic carbocycles. The van der Waals surface area contributed by atoms with Crippen LogP contribution in [0.4, 0.5) is 0 Å². The predicted octanol–water partition coefficient (Wildman–Crippen LogP) is 1.61. The molecule has 0 atom stereocenters. The van der Waals surface area contributed by atoms with E-state index in [4.69, 9.17) is 0 Å². The van der Waals surface area contributed by atoms with E-state index in [0.29, 0.717) is 17.5 Å². The van der Waals surface area contributed by atoms with Crippen molar-refractivity contribution in [2.24, 2.45) is 0 Å². The fraction of sp³-hybridized carbons (Fsp3) is 0.385. The van der Waals surface area contributed by atoms with E-state index in [1.54, 1.807) is 24.3 Å². The summed E-state index contributed by atoms with van der Waals surface area (Å²) in [7, 11) is 5.18. The minimum Gasteiger partial charge on any atom is -0.465 e. The Labute approximate surface area is 101 Å². The number of carbonyl (C=O) groups is 2. The molecule has 0 bridgehead atoms. The molecule has 4 nitrogen and oxygen atoms in total. The maximum atomic E-state index is 11.8. The molecule has 0 fully saturated rings. The highest BCUT2D eigenvalue weighted by molar-refractivity contribution is 5.97. The highest BCUT2D eigenvalue weighted by Gasteiger charge is 2.09. The molecule has 0 saturated carbocycles. The predicted molar refractivity (Wildman–Crippen MR) is 65.3 cm³/mol. The number of methoxy groups -OCH3 is 1. The fourth-order valence-electron chi connectivity index (χ4n) is 1.38. The van der Waals surface area contributed by atoms with Crippen molar-refractivity contribution in [2.45, 2.75) is 6.42 Å². The van der Waals surface area contributed by atoms with Crippen molar-refractivity contribution in [3.05, 3.63) is 35.4 Å². The average molecular weight is 235 g/mol. The lowest BCUT2D eigenvalue weighted by Gasteiger charge is -2.08. The molecular weight excluding hydrogens is 218 g/mol. The molecule has 0 radical (unpaired) electrons. The van der Waals surface area contributed by atoms with Crippen molar-refractivity contribution >= 4 is 11.8 Å². The zero-order valence-corrected chi connectivity index (χ0v) is 10.4. The highest BCUT2D eigenvalue weighted by Crippen LogP contribution is 2.08. The van der Waals surface area contributed by atoms with Crippen molar-refractivity contribution < 1.29 is 14.3 Å². The van der Waals surface area contributed by atoms with Crippen LogP contribution in [0.15, 0.2) is 24.3 Å². The molecule has 0 spiro atoms. The third kappa shape index (κ3) is 4.00. The zero-order valence-electron chi connectivity index (χ0n) is 10.4. The van der Waals surface area contributed by atoms with Gasteiger partial charge in [0.05, 0.1) is 12.7 Å². The Kier molecular flexibility index (Phi) is 4.84. The van der Waals surface area contributed by atoms with Crippen LogP contribution in [0, 0.1) is 0 Å². The molecule has 0 unspecified atom stereocenters. The summed E-state index contributed by atoms with van der Waals surface area (Å²) in [6.07, 6.45) is 0.477. The summed E-state index contributed by atoms with van der Waals surface area (Å²) in [6, 6.07) is 6.53. The number of Topliss-reactive ketones (excluding diaryl/α,β-unsaturated/α-hetero) is 1. The van der Waals surface area contributed by atoms with Crippen molar-refractivity contribution in [2.75, 3.05) is 27.7 Å². The van der Waals surface area contributed by atoms with Crippen LogP contribution in [0.1, 0.15) is 27.1 Å². The molecule has 4 heteroatoms. The van der Waals surface area contributed by atoms with Crippen LogP contribution in [0.5, 0.6) is 0 Å². The van der Waals surface area contributed by atoms with Gasteiger partial charge in [0.15, 0.2) is 5.78 Å². The first kappa shape index (κ1) is 13.4. The molecule has 1 rings (SSSR count). The topological polar surface area (TPSA) is 46.6 Å². The van der Waals surface area contributed by atoms with Crippen LogP contribution in [0.3, 0.4) is 0 Å². The Morgan fingerprint density at radius 2 is 1.65 bits per heavy atom. The molecule has 0 aliphatic rings. The van der Waals surface area contributed by atoms with Crippen LogP contribution < -0.4 is 0 Å². The van der Waals surface area contributed by atoms with E-state index in [-0.39, 0.29) is 5.78 Å². The van der Waals surface area contributed by atoms with E-state index in [9.17, 15) is 9.59 Å².